The molecule has 0 aliphatic rings. The Balaban J connectivity index is 2.86. The lowest BCUT2D eigenvalue weighted by Gasteiger charge is -1.91. The zero-order valence-corrected chi connectivity index (χ0v) is 6.67. The number of fused-ring (bicyclic) bond motifs is 1. The molecule has 1 radical (unpaired) electrons. The van der Waals surface area contributed by atoms with Gasteiger partial charge in [-0.05, 0) is 12.1 Å². The number of pyridine rings is 1. The molecule has 0 aromatic carbocycles. The molecular formula is C7H4BrN2. The maximum atomic E-state index is 3.99. The molecule has 2 aromatic rings. The molecule has 0 spiro atoms. The standard InChI is InChI=1S/C7H4BrN2/c8-6-1-3-10-4-2-9-7(10)5-6/h1,3-5H. The smallest absolute Gasteiger partial charge is 0.138 e. The first-order chi connectivity index (χ1) is 4.86. The molecule has 2 nitrogen and oxygen atoms in total. The van der Waals surface area contributed by atoms with Crippen LogP contribution in [0.3, 0.4) is 0 Å². The largest absolute Gasteiger partial charge is 0.306 e. The van der Waals surface area contributed by atoms with E-state index in [1.807, 2.05) is 22.7 Å². The van der Waals surface area contributed by atoms with Crippen molar-refractivity contribution in [1.82, 2.24) is 9.38 Å². The minimum atomic E-state index is 0.911. The minimum Gasteiger partial charge on any atom is -0.306 e. The van der Waals surface area contributed by atoms with E-state index in [9.17, 15) is 0 Å². The predicted molar refractivity (Wildman–Crippen MR) is 41.7 cm³/mol. The fourth-order valence-electron chi connectivity index (χ4n) is 0.830. The third-order valence-electron chi connectivity index (χ3n) is 1.30. The van der Waals surface area contributed by atoms with Crippen LogP contribution in [0.25, 0.3) is 5.65 Å². The average Bonchev–Trinajstić information content (AvgIpc) is 2.33. The summed E-state index contributed by atoms with van der Waals surface area (Å²) in [5.74, 6) is 0. The average molecular weight is 196 g/mol. The highest BCUT2D eigenvalue weighted by atomic mass is 79.9. The summed E-state index contributed by atoms with van der Waals surface area (Å²) in [6, 6.07) is 3.90. The van der Waals surface area contributed by atoms with Crippen molar-refractivity contribution in [2.75, 3.05) is 0 Å². The molecule has 10 heavy (non-hydrogen) atoms. The van der Waals surface area contributed by atoms with Gasteiger partial charge in [-0.3, -0.25) is 0 Å². The summed E-state index contributed by atoms with van der Waals surface area (Å²) in [6.45, 7) is 0. The van der Waals surface area contributed by atoms with Crippen LogP contribution in [-0.2, 0) is 0 Å². The Labute approximate surface area is 66.6 Å². The first-order valence-electron chi connectivity index (χ1n) is 2.86. The van der Waals surface area contributed by atoms with Crippen molar-refractivity contribution >= 4 is 21.6 Å². The number of hydrogen-bond acceptors (Lipinski definition) is 1. The van der Waals surface area contributed by atoms with Gasteiger partial charge in [0, 0.05) is 16.9 Å². The summed E-state index contributed by atoms with van der Waals surface area (Å²) in [4.78, 5) is 3.99. The van der Waals surface area contributed by atoms with Crippen LogP contribution in [0.2, 0.25) is 0 Å². The molecule has 0 aliphatic heterocycles. The van der Waals surface area contributed by atoms with E-state index in [4.69, 9.17) is 0 Å². The van der Waals surface area contributed by atoms with Crippen molar-refractivity contribution in [2.24, 2.45) is 0 Å². The normalized spacial score (nSPS) is 10.5. The van der Waals surface area contributed by atoms with Gasteiger partial charge in [-0.2, -0.15) is 0 Å². The second kappa shape index (κ2) is 2.09. The predicted octanol–water partition coefficient (Wildman–Crippen LogP) is 1.90. The van der Waals surface area contributed by atoms with Gasteiger partial charge in [0.05, 0.1) is 0 Å². The van der Waals surface area contributed by atoms with E-state index >= 15 is 0 Å². The Kier molecular flexibility index (Phi) is 1.24. The highest BCUT2D eigenvalue weighted by Crippen LogP contribution is 2.10. The first-order valence-corrected chi connectivity index (χ1v) is 3.66. The van der Waals surface area contributed by atoms with Crippen molar-refractivity contribution in [3.8, 4) is 0 Å². The lowest BCUT2D eigenvalue weighted by atomic mass is 10.5. The Morgan fingerprint density at radius 2 is 2.50 bits per heavy atom. The zero-order valence-electron chi connectivity index (χ0n) is 5.08. The lowest BCUT2D eigenvalue weighted by molar-refractivity contribution is 1.18. The Morgan fingerprint density at radius 3 is 3.40 bits per heavy atom. The highest BCUT2D eigenvalue weighted by Gasteiger charge is 1.91. The van der Waals surface area contributed by atoms with Crippen LogP contribution in [-0.4, -0.2) is 9.38 Å². The van der Waals surface area contributed by atoms with E-state index in [1.165, 1.54) is 0 Å². The quantitative estimate of drug-likeness (QED) is 0.628. The second-order valence-corrected chi connectivity index (χ2v) is 2.90. The maximum absolute atomic E-state index is 3.99. The van der Waals surface area contributed by atoms with Gasteiger partial charge in [-0.15, -0.1) is 0 Å². The molecule has 0 fully saturated rings. The fourth-order valence-corrected chi connectivity index (χ4v) is 1.15. The third-order valence-corrected chi connectivity index (χ3v) is 1.80. The van der Waals surface area contributed by atoms with E-state index in [-0.39, 0.29) is 0 Å². The van der Waals surface area contributed by atoms with Crippen molar-refractivity contribution in [3.05, 3.63) is 35.2 Å². The molecule has 0 bridgehead atoms. The van der Waals surface area contributed by atoms with Gasteiger partial charge in [-0.1, -0.05) is 15.9 Å². The summed E-state index contributed by atoms with van der Waals surface area (Å²) in [5.41, 5.74) is 0.911. The number of aromatic nitrogens is 2. The number of rotatable bonds is 0. The van der Waals surface area contributed by atoms with Crippen LogP contribution in [0.1, 0.15) is 0 Å². The van der Waals surface area contributed by atoms with Crippen LogP contribution < -0.4 is 0 Å². The topological polar surface area (TPSA) is 17.3 Å². The van der Waals surface area contributed by atoms with Crippen molar-refractivity contribution < 1.29 is 0 Å². The van der Waals surface area contributed by atoms with Gasteiger partial charge in [-0.25, -0.2) is 4.98 Å². The lowest BCUT2D eigenvalue weighted by Crippen LogP contribution is -1.79. The second-order valence-electron chi connectivity index (χ2n) is 1.98. The van der Waals surface area contributed by atoms with Gasteiger partial charge in [0.25, 0.3) is 0 Å². The van der Waals surface area contributed by atoms with Crippen LogP contribution in [0.5, 0.6) is 0 Å². The van der Waals surface area contributed by atoms with E-state index in [0.29, 0.717) is 0 Å². The van der Waals surface area contributed by atoms with E-state index in [0.717, 1.165) is 10.1 Å². The summed E-state index contributed by atoms with van der Waals surface area (Å²) >= 11 is 3.35. The molecule has 2 aromatic heterocycles. The van der Waals surface area contributed by atoms with E-state index in [1.54, 1.807) is 6.20 Å². The Hall–Kier alpha value is -0.830. The number of hydrogen-bond donors (Lipinski definition) is 0. The maximum Gasteiger partial charge on any atom is 0.138 e. The van der Waals surface area contributed by atoms with E-state index < -0.39 is 0 Å². The monoisotopic (exact) mass is 195 g/mol. The summed E-state index contributed by atoms with van der Waals surface area (Å²) < 4.78 is 2.95. The molecule has 0 atom stereocenters. The van der Waals surface area contributed by atoms with Crippen molar-refractivity contribution in [2.45, 2.75) is 0 Å². The molecule has 0 amide bonds. The van der Waals surface area contributed by atoms with Gasteiger partial charge in [0.15, 0.2) is 0 Å². The van der Waals surface area contributed by atoms with Crippen LogP contribution in [0, 0.1) is 6.20 Å². The van der Waals surface area contributed by atoms with Gasteiger partial charge in [0.1, 0.15) is 11.8 Å². The van der Waals surface area contributed by atoms with Crippen LogP contribution >= 0.6 is 15.9 Å². The summed E-state index contributed by atoms with van der Waals surface area (Å²) in [6.07, 6.45) is 6.48. The number of halogens is 1. The van der Waals surface area contributed by atoms with Gasteiger partial charge in [0.2, 0.25) is 0 Å². The SMILES string of the molecule is Brc1ccn2c[c]nc2c1. The molecule has 0 saturated heterocycles. The third kappa shape index (κ3) is 0.827. The van der Waals surface area contributed by atoms with Crippen molar-refractivity contribution in [1.29, 1.82) is 0 Å². The molecule has 2 heterocycles. The first kappa shape index (κ1) is 5.92. The van der Waals surface area contributed by atoms with Gasteiger partial charge < -0.3 is 4.40 Å². The van der Waals surface area contributed by atoms with Crippen molar-refractivity contribution in [3.63, 3.8) is 0 Å². The van der Waals surface area contributed by atoms with Gasteiger partial charge >= 0.3 is 0 Å². The van der Waals surface area contributed by atoms with Crippen LogP contribution in [0.15, 0.2) is 29.0 Å². The molecular weight excluding hydrogens is 192 g/mol. The zero-order chi connectivity index (χ0) is 6.97. The molecule has 0 saturated carbocycles. The highest BCUT2D eigenvalue weighted by molar-refractivity contribution is 9.10. The molecule has 0 aliphatic carbocycles. The minimum absolute atomic E-state index is 0.911. The molecule has 2 rings (SSSR count). The number of imidazole rings is 1. The molecule has 0 unspecified atom stereocenters. The molecule has 3 heteroatoms. The number of nitrogens with zero attached hydrogens (tertiary/aromatic N) is 2. The molecule has 49 valence electrons. The Morgan fingerprint density at radius 1 is 1.60 bits per heavy atom. The summed E-state index contributed by atoms with van der Waals surface area (Å²) in [5, 5.41) is 0. The van der Waals surface area contributed by atoms with E-state index in [2.05, 4.69) is 27.1 Å². The fraction of sp³-hybridized carbons (Fsp3) is 0. The summed E-state index contributed by atoms with van der Waals surface area (Å²) in [7, 11) is 0. The molecule has 0 N–H and O–H groups in total. The Bertz CT molecular complexity index is 353. The van der Waals surface area contributed by atoms with Crippen LogP contribution in [0.4, 0.5) is 0 Å².